The molecule has 0 aromatic rings. The molecule has 5 N–H and O–H groups in total. The lowest BCUT2D eigenvalue weighted by Gasteiger charge is -2.03. The zero-order chi connectivity index (χ0) is 12.5. The predicted octanol–water partition coefficient (Wildman–Crippen LogP) is 1.69. The average molecular weight is 275 g/mol. The highest BCUT2D eigenvalue weighted by atomic mass is 35.7. The van der Waals surface area contributed by atoms with Crippen molar-refractivity contribution < 1.29 is 9.90 Å². The fourth-order valence-electron chi connectivity index (χ4n) is 0.632. The minimum absolute atomic E-state index is 0.520. The van der Waals surface area contributed by atoms with Gasteiger partial charge in [-0.3, -0.25) is 4.79 Å². The van der Waals surface area contributed by atoms with Crippen molar-refractivity contribution in [2.45, 2.75) is 38.4 Å². The van der Waals surface area contributed by atoms with Gasteiger partial charge in [-0.1, -0.05) is 6.42 Å². The number of hydrogen-bond donors (Lipinski definition) is 3. The molecule has 1 atom stereocenters. The Morgan fingerprint density at radius 3 is 2.07 bits per heavy atom. The van der Waals surface area contributed by atoms with Crippen LogP contribution in [0.2, 0.25) is 13.1 Å². The first-order chi connectivity index (χ1) is 6.68. The molecule has 0 heterocycles. The van der Waals surface area contributed by atoms with E-state index >= 15 is 0 Å². The van der Waals surface area contributed by atoms with Gasteiger partial charge >= 0.3 is 5.97 Å². The van der Waals surface area contributed by atoms with Crippen LogP contribution < -0.4 is 11.5 Å². The van der Waals surface area contributed by atoms with E-state index in [1.54, 1.807) is 0 Å². The molecule has 0 aliphatic carbocycles. The van der Waals surface area contributed by atoms with Crippen molar-refractivity contribution in [1.29, 1.82) is 0 Å². The molecular formula is C8H20Cl2N2O2Si. The largest absolute Gasteiger partial charge is 0.480 e. The van der Waals surface area contributed by atoms with Crippen molar-refractivity contribution in [3.05, 3.63) is 0 Å². The Bertz CT molecular complexity index is 171. The molecule has 7 heteroatoms. The summed E-state index contributed by atoms with van der Waals surface area (Å²) in [5, 5.41) is 8.33. The molecule has 0 fully saturated rings. The average Bonchev–Trinajstić information content (AvgIpc) is 2.01. The third-order valence-corrected chi connectivity index (χ3v) is 1.29. The van der Waals surface area contributed by atoms with Crippen LogP contribution in [0.25, 0.3) is 0 Å². The van der Waals surface area contributed by atoms with Crippen LogP contribution in [0.5, 0.6) is 0 Å². The van der Waals surface area contributed by atoms with Crippen molar-refractivity contribution >= 4 is 34.8 Å². The van der Waals surface area contributed by atoms with Gasteiger partial charge in [-0.05, 0) is 32.5 Å². The maximum Gasteiger partial charge on any atom is 0.320 e. The first kappa shape index (κ1) is 17.6. The third kappa shape index (κ3) is 25.0. The fourth-order valence-corrected chi connectivity index (χ4v) is 0.632. The number of aliphatic carboxylic acids is 1. The minimum Gasteiger partial charge on any atom is -0.480 e. The normalized spacial score (nSPS) is 12.7. The molecule has 92 valence electrons. The second-order valence-corrected chi connectivity index (χ2v) is 12.5. The molecule has 0 radical (unpaired) electrons. The molecule has 0 saturated heterocycles. The van der Waals surface area contributed by atoms with Gasteiger partial charge in [0.2, 0.25) is 6.69 Å². The molecule has 0 bridgehead atoms. The van der Waals surface area contributed by atoms with Crippen molar-refractivity contribution in [1.82, 2.24) is 0 Å². The van der Waals surface area contributed by atoms with Crippen LogP contribution in [0.15, 0.2) is 0 Å². The lowest BCUT2D eigenvalue weighted by molar-refractivity contribution is -0.138. The van der Waals surface area contributed by atoms with Gasteiger partial charge in [-0.15, -0.1) is 22.2 Å². The summed E-state index contributed by atoms with van der Waals surface area (Å²) in [7, 11) is 0. The monoisotopic (exact) mass is 274 g/mol. The third-order valence-electron chi connectivity index (χ3n) is 1.29. The van der Waals surface area contributed by atoms with Crippen molar-refractivity contribution in [2.75, 3.05) is 6.54 Å². The number of nitrogens with two attached hydrogens (primary N) is 2. The Balaban J connectivity index is 0. The molecule has 0 amide bonds. The molecule has 4 nitrogen and oxygen atoms in total. The number of halogens is 2. The van der Waals surface area contributed by atoms with E-state index in [0.717, 1.165) is 12.8 Å². The number of unbranched alkanes of at least 4 members (excludes halogenated alkanes) is 1. The van der Waals surface area contributed by atoms with E-state index < -0.39 is 18.7 Å². The van der Waals surface area contributed by atoms with Gasteiger partial charge in [0.25, 0.3) is 0 Å². The van der Waals surface area contributed by atoms with E-state index in [-0.39, 0.29) is 0 Å². The Morgan fingerprint density at radius 2 is 1.80 bits per heavy atom. The molecule has 0 rings (SSSR count). The zero-order valence-corrected chi connectivity index (χ0v) is 11.7. The van der Waals surface area contributed by atoms with E-state index in [2.05, 4.69) is 0 Å². The summed E-state index contributed by atoms with van der Waals surface area (Å²) in [5.41, 5.74) is 10.4. The molecule has 0 aromatic carbocycles. The van der Waals surface area contributed by atoms with Crippen LogP contribution in [-0.4, -0.2) is 30.4 Å². The number of rotatable bonds is 5. The van der Waals surface area contributed by atoms with Gasteiger partial charge in [0.1, 0.15) is 6.04 Å². The molecule has 0 aliphatic heterocycles. The topological polar surface area (TPSA) is 89.3 Å². The SMILES string of the molecule is C[Si](C)(Cl)Cl.NCCCC[C@H](N)C(=O)O. The lowest BCUT2D eigenvalue weighted by atomic mass is 10.1. The maximum atomic E-state index is 10.1. The summed E-state index contributed by atoms with van der Waals surface area (Å²) < 4.78 is 0. The Morgan fingerprint density at radius 1 is 1.40 bits per heavy atom. The van der Waals surface area contributed by atoms with Crippen LogP contribution in [0.3, 0.4) is 0 Å². The van der Waals surface area contributed by atoms with Crippen molar-refractivity contribution in [3.63, 3.8) is 0 Å². The maximum absolute atomic E-state index is 10.1. The summed E-state index contributed by atoms with van der Waals surface area (Å²) in [6, 6.07) is -0.716. The van der Waals surface area contributed by atoms with Crippen LogP contribution in [0.4, 0.5) is 0 Å². The second-order valence-electron chi connectivity index (χ2n) is 3.56. The van der Waals surface area contributed by atoms with E-state index in [1.807, 2.05) is 13.1 Å². The van der Waals surface area contributed by atoms with Crippen LogP contribution in [0.1, 0.15) is 19.3 Å². The van der Waals surface area contributed by atoms with E-state index in [9.17, 15) is 4.79 Å². The zero-order valence-electron chi connectivity index (χ0n) is 9.17. The molecule has 0 aliphatic rings. The molecule has 0 aromatic heterocycles. The van der Waals surface area contributed by atoms with Crippen molar-refractivity contribution in [2.24, 2.45) is 11.5 Å². The molecular weight excluding hydrogens is 255 g/mol. The summed E-state index contributed by atoms with van der Waals surface area (Å²) in [6.07, 6.45) is 2.16. The smallest absolute Gasteiger partial charge is 0.320 e. The Kier molecular flexibility index (Phi) is 11.0. The standard InChI is InChI=1S/C6H14N2O2.C2H6Cl2Si/c7-4-2-1-3-5(8)6(9)10;1-5(2,3)4/h5H,1-4,7-8H2,(H,9,10);1-2H3/t5-;/m0./s1. The van der Waals surface area contributed by atoms with Gasteiger partial charge in [0, 0.05) is 0 Å². The minimum atomic E-state index is -1.67. The predicted molar refractivity (Wildman–Crippen MR) is 67.7 cm³/mol. The molecule has 15 heavy (non-hydrogen) atoms. The first-order valence-electron chi connectivity index (χ1n) is 4.74. The summed E-state index contributed by atoms with van der Waals surface area (Å²) in [6.45, 7) is 2.65. The highest BCUT2D eigenvalue weighted by Crippen LogP contribution is 2.10. The summed E-state index contributed by atoms with van der Waals surface area (Å²) in [5.74, 6) is -0.933. The van der Waals surface area contributed by atoms with Crippen LogP contribution >= 0.6 is 22.2 Å². The van der Waals surface area contributed by atoms with Gasteiger partial charge in [0.05, 0.1) is 0 Å². The molecule has 0 saturated carbocycles. The Hall–Kier alpha value is 0.187. The van der Waals surface area contributed by atoms with Crippen LogP contribution in [0, 0.1) is 0 Å². The summed E-state index contributed by atoms with van der Waals surface area (Å²) in [4.78, 5) is 10.1. The number of carboxylic acid groups (broad SMARTS) is 1. The summed E-state index contributed by atoms with van der Waals surface area (Å²) >= 11 is 10.9. The molecule has 0 spiro atoms. The number of carboxylic acids is 1. The van der Waals surface area contributed by atoms with E-state index in [4.69, 9.17) is 38.7 Å². The van der Waals surface area contributed by atoms with Crippen LogP contribution in [-0.2, 0) is 4.79 Å². The number of hydrogen-bond acceptors (Lipinski definition) is 3. The lowest BCUT2D eigenvalue weighted by Crippen LogP contribution is -2.29. The van der Waals surface area contributed by atoms with Gasteiger partial charge in [0.15, 0.2) is 0 Å². The second kappa shape index (κ2) is 9.42. The van der Waals surface area contributed by atoms with Gasteiger partial charge < -0.3 is 16.6 Å². The highest BCUT2D eigenvalue weighted by Gasteiger charge is 2.09. The quantitative estimate of drug-likeness (QED) is 0.404. The highest BCUT2D eigenvalue weighted by molar-refractivity contribution is 7.44. The van der Waals surface area contributed by atoms with E-state index in [0.29, 0.717) is 13.0 Å². The van der Waals surface area contributed by atoms with Gasteiger partial charge in [-0.25, -0.2) is 0 Å². The number of carbonyl (C=O) groups is 1. The fraction of sp³-hybridized carbons (Fsp3) is 0.875. The first-order valence-corrected chi connectivity index (χ1v) is 9.77. The van der Waals surface area contributed by atoms with Gasteiger partial charge in [-0.2, -0.15) is 0 Å². The van der Waals surface area contributed by atoms with E-state index in [1.165, 1.54) is 0 Å². The van der Waals surface area contributed by atoms with Crippen molar-refractivity contribution in [3.8, 4) is 0 Å². The Labute approximate surface area is 101 Å². The molecule has 0 unspecified atom stereocenters.